The molecule has 1 heterocycles. The van der Waals surface area contributed by atoms with Crippen molar-refractivity contribution >= 4 is 29.8 Å². The monoisotopic (exact) mass is 622 g/mol. The van der Waals surface area contributed by atoms with Gasteiger partial charge in [0.25, 0.3) is 0 Å². The molecule has 0 radical (unpaired) electrons. The van der Waals surface area contributed by atoms with Gasteiger partial charge in [0.2, 0.25) is 0 Å². The number of carboxylic acids is 1. The highest BCUT2D eigenvalue weighted by Gasteiger charge is 2.76. The molecule has 0 bridgehead atoms. The Labute approximate surface area is 257 Å². The highest BCUT2D eigenvalue weighted by atomic mass is 16.6. The zero-order valence-corrected chi connectivity index (χ0v) is 26.8. The average molecular weight is 623 g/mol. The SMILES string of the molecule is CC=C(C)C(=O)O[C@H]1C(C)=C2[C@H]3OC(=O)[C@@](C)(O)[C@@]3(O)[C@H](OC(=O)CCC)C[C@](C)(OC(C)=O)[C@@H]2[C@H]1C(CCCC)C(=O)O. The van der Waals surface area contributed by atoms with Crippen LogP contribution in [0.4, 0.5) is 0 Å². The van der Waals surface area contributed by atoms with E-state index in [0.29, 0.717) is 19.3 Å². The van der Waals surface area contributed by atoms with Crippen molar-refractivity contribution in [2.24, 2.45) is 17.8 Å². The highest BCUT2D eigenvalue weighted by Crippen LogP contribution is 2.60. The molecule has 246 valence electrons. The number of esters is 4. The average Bonchev–Trinajstić information content (AvgIpc) is 3.27. The van der Waals surface area contributed by atoms with Gasteiger partial charge in [-0.2, -0.15) is 0 Å². The Balaban J connectivity index is 2.41. The topological polar surface area (TPSA) is 183 Å². The van der Waals surface area contributed by atoms with Crippen molar-refractivity contribution in [3.05, 3.63) is 22.8 Å². The summed E-state index contributed by atoms with van der Waals surface area (Å²) in [6.45, 7) is 12.2. The summed E-state index contributed by atoms with van der Waals surface area (Å²) in [5.41, 5.74) is -6.14. The summed E-state index contributed by atoms with van der Waals surface area (Å²) in [5.74, 6) is -7.80. The molecule has 12 heteroatoms. The van der Waals surface area contributed by atoms with Gasteiger partial charge in [-0.3, -0.25) is 14.4 Å². The number of unbranched alkanes of at least 4 members (excludes halogenated alkanes) is 1. The van der Waals surface area contributed by atoms with E-state index >= 15 is 0 Å². The van der Waals surface area contributed by atoms with E-state index in [9.17, 15) is 39.3 Å². The van der Waals surface area contributed by atoms with Gasteiger partial charge in [0, 0.05) is 37.2 Å². The molecule has 44 heavy (non-hydrogen) atoms. The van der Waals surface area contributed by atoms with Crippen LogP contribution >= 0.6 is 0 Å². The molecule has 0 spiro atoms. The molecular weight excluding hydrogens is 576 g/mol. The predicted octanol–water partition coefficient (Wildman–Crippen LogP) is 3.16. The van der Waals surface area contributed by atoms with E-state index in [0.717, 1.165) is 6.92 Å². The van der Waals surface area contributed by atoms with Crippen molar-refractivity contribution in [2.75, 3.05) is 0 Å². The number of carbonyl (C=O) groups excluding carboxylic acids is 4. The van der Waals surface area contributed by atoms with E-state index in [1.54, 1.807) is 33.8 Å². The number of hydrogen-bond donors (Lipinski definition) is 3. The Morgan fingerprint density at radius 3 is 2.25 bits per heavy atom. The summed E-state index contributed by atoms with van der Waals surface area (Å²) >= 11 is 0. The summed E-state index contributed by atoms with van der Waals surface area (Å²) < 4.78 is 23.3. The summed E-state index contributed by atoms with van der Waals surface area (Å²) in [7, 11) is 0. The first-order valence-electron chi connectivity index (χ1n) is 15.2. The fourth-order valence-electron chi connectivity index (χ4n) is 7.18. The Bertz CT molecular complexity index is 1250. The van der Waals surface area contributed by atoms with Gasteiger partial charge in [-0.15, -0.1) is 0 Å². The number of carbonyl (C=O) groups is 5. The van der Waals surface area contributed by atoms with E-state index in [1.807, 2.05) is 6.92 Å². The normalized spacial score (nSPS) is 35.6. The highest BCUT2D eigenvalue weighted by molar-refractivity contribution is 5.88. The molecule has 2 aliphatic carbocycles. The fraction of sp³-hybridized carbons (Fsp3) is 0.719. The maximum absolute atomic E-state index is 13.2. The number of ether oxygens (including phenoxy) is 4. The number of carboxylic acid groups (broad SMARTS) is 1. The van der Waals surface area contributed by atoms with Crippen molar-refractivity contribution in [3.63, 3.8) is 0 Å². The van der Waals surface area contributed by atoms with Crippen LogP contribution in [0.3, 0.4) is 0 Å². The van der Waals surface area contributed by atoms with Crippen LogP contribution in [0.25, 0.3) is 0 Å². The summed E-state index contributed by atoms with van der Waals surface area (Å²) in [4.78, 5) is 64.7. The number of fused-ring (bicyclic) bond motifs is 3. The van der Waals surface area contributed by atoms with Crippen LogP contribution in [0.5, 0.6) is 0 Å². The van der Waals surface area contributed by atoms with Crippen molar-refractivity contribution in [1.29, 1.82) is 0 Å². The minimum atomic E-state index is -2.59. The first-order valence-corrected chi connectivity index (χ1v) is 15.2. The first kappa shape index (κ1) is 35.2. The zero-order valence-electron chi connectivity index (χ0n) is 26.8. The summed E-state index contributed by atoms with van der Waals surface area (Å²) in [6.07, 6.45) is -1.59. The summed E-state index contributed by atoms with van der Waals surface area (Å²) in [5, 5.41) is 34.4. The van der Waals surface area contributed by atoms with Crippen LogP contribution in [0.1, 0.15) is 93.9 Å². The van der Waals surface area contributed by atoms with Gasteiger partial charge in [-0.25, -0.2) is 9.59 Å². The number of allylic oxidation sites excluding steroid dienone is 1. The minimum Gasteiger partial charge on any atom is -0.481 e. The molecule has 9 atom stereocenters. The Kier molecular flexibility index (Phi) is 10.4. The molecule has 3 N–H and O–H groups in total. The van der Waals surface area contributed by atoms with Crippen LogP contribution in [0.2, 0.25) is 0 Å². The smallest absolute Gasteiger partial charge is 0.341 e. The largest absolute Gasteiger partial charge is 0.481 e. The lowest BCUT2D eigenvalue weighted by molar-refractivity contribution is -0.211. The van der Waals surface area contributed by atoms with Gasteiger partial charge < -0.3 is 34.3 Å². The van der Waals surface area contributed by atoms with Crippen LogP contribution in [0, 0.1) is 17.8 Å². The quantitative estimate of drug-likeness (QED) is 0.133. The zero-order chi connectivity index (χ0) is 33.4. The molecule has 0 aromatic rings. The molecule has 0 amide bonds. The van der Waals surface area contributed by atoms with Gasteiger partial charge in [0.15, 0.2) is 17.3 Å². The number of hydrogen-bond acceptors (Lipinski definition) is 11. The van der Waals surface area contributed by atoms with Crippen molar-refractivity contribution in [1.82, 2.24) is 0 Å². The van der Waals surface area contributed by atoms with Gasteiger partial charge >= 0.3 is 29.8 Å². The third kappa shape index (κ3) is 5.90. The van der Waals surface area contributed by atoms with Gasteiger partial charge in [-0.1, -0.05) is 32.8 Å². The second kappa shape index (κ2) is 13.0. The van der Waals surface area contributed by atoms with E-state index in [2.05, 4.69) is 0 Å². The molecule has 1 saturated heterocycles. The lowest BCUT2D eigenvalue weighted by Crippen LogP contribution is -2.64. The maximum Gasteiger partial charge on any atom is 0.341 e. The number of aliphatic hydroxyl groups is 2. The molecule has 1 saturated carbocycles. The van der Waals surface area contributed by atoms with E-state index < -0.39 is 89.1 Å². The van der Waals surface area contributed by atoms with Crippen LogP contribution in [-0.2, 0) is 42.9 Å². The van der Waals surface area contributed by atoms with Gasteiger partial charge in [0.05, 0.1) is 5.92 Å². The molecule has 3 aliphatic rings. The van der Waals surface area contributed by atoms with Crippen LogP contribution in [-0.4, -0.2) is 80.3 Å². The van der Waals surface area contributed by atoms with Gasteiger partial charge in [0.1, 0.15) is 17.8 Å². The van der Waals surface area contributed by atoms with E-state index in [4.69, 9.17) is 18.9 Å². The molecule has 1 aliphatic heterocycles. The second-order valence-corrected chi connectivity index (χ2v) is 12.6. The molecule has 2 fully saturated rings. The molecule has 12 nitrogen and oxygen atoms in total. The Morgan fingerprint density at radius 1 is 1.09 bits per heavy atom. The maximum atomic E-state index is 13.2. The standard InChI is InChI=1S/C32H46O12/c1-9-12-14-19(27(35)36)23-24-22(17(5)25(23)42-28(37)16(4)11-3)26-32(40,31(8,39)29(38)43-26)20(41-21(34)13-10-2)15-30(24,7)44-18(6)33/h11,19-20,23-26,39-40H,9-10,12-15H2,1-8H3,(H,35,36)/t19?,20-,23-,24+,25+,26-,30+,31-,32-/m1/s1. The van der Waals surface area contributed by atoms with Gasteiger partial charge in [-0.05, 0) is 58.6 Å². The van der Waals surface area contributed by atoms with E-state index in [1.165, 1.54) is 13.8 Å². The fourth-order valence-corrected chi connectivity index (χ4v) is 7.18. The van der Waals surface area contributed by atoms with Crippen molar-refractivity contribution in [2.45, 2.75) is 129 Å². The minimum absolute atomic E-state index is 0.0350. The number of rotatable bonds is 11. The van der Waals surface area contributed by atoms with E-state index in [-0.39, 0.29) is 29.6 Å². The van der Waals surface area contributed by atoms with Crippen LogP contribution in [0.15, 0.2) is 22.8 Å². The number of aliphatic carboxylic acids is 1. The Morgan fingerprint density at radius 2 is 1.73 bits per heavy atom. The summed E-state index contributed by atoms with van der Waals surface area (Å²) in [6, 6.07) is 0. The van der Waals surface area contributed by atoms with Crippen molar-refractivity contribution < 1.29 is 58.2 Å². The molecule has 3 rings (SSSR count). The van der Waals surface area contributed by atoms with Crippen LogP contribution < -0.4 is 0 Å². The predicted molar refractivity (Wildman–Crippen MR) is 155 cm³/mol. The third-order valence-electron chi connectivity index (χ3n) is 9.52. The lowest BCUT2D eigenvalue weighted by Gasteiger charge is -2.43. The third-order valence-corrected chi connectivity index (χ3v) is 9.52. The Hall–Kier alpha value is -3.25. The second-order valence-electron chi connectivity index (χ2n) is 12.6. The van der Waals surface area contributed by atoms with Crippen molar-refractivity contribution in [3.8, 4) is 0 Å². The molecule has 0 aromatic carbocycles. The first-order chi connectivity index (χ1) is 20.4. The molecular formula is C32H46O12. The molecule has 0 aromatic heterocycles. The lowest BCUT2D eigenvalue weighted by atomic mass is 9.69. The molecule has 1 unspecified atom stereocenters.